The van der Waals surface area contributed by atoms with E-state index in [1.54, 1.807) is 0 Å². The van der Waals surface area contributed by atoms with Gasteiger partial charge in [0.15, 0.2) is 0 Å². The Labute approximate surface area is 86.5 Å². The lowest BCUT2D eigenvalue weighted by molar-refractivity contribution is 0.235. The molecule has 1 saturated heterocycles. The molecule has 13 heavy (non-hydrogen) atoms. The molecule has 1 rings (SSSR count). The van der Waals surface area contributed by atoms with E-state index in [1.165, 1.54) is 25.8 Å². The maximum absolute atomic E-state index is 5.61. The molecule has 2 nitrogen and oxygen atoms in total. The number of hydrogen-bond acceptors (Lipinski definition) is 2. The maximum atomic E-state index is 5.61. The van der Waals surface area contributed by atoms with Gasteiger partial charge in [0.05, 0.1) is 4.99 Å². The van der Waals surface area contributed by atoms with Crippen LogP contribution in [0.3, 0.4) is 0 Å². The fourth-order valence-corrected chi connectivity index (χ4v) is 2.11. The van der Waals surface area contributed by atoms with Crippen molar-refractivity contribution in [3.63, 3.8) is 0 Å². The Bertz CT molecular complexity index is 182. The van der Waals surface area contributed by atoms with E-state index in [-0.39, 0.29) is 0 Å². The highest BCUT2D eigenvalue weighted by Gasteiger charge is 2.24. The molecule has 0 saturated carbocycles. The minimum atomic E-state index is 0.363. The summed E-state index contributed by atoms with van der Waals surface area (Å²) in [5, 5.41) is 0. The molecule has 0 radical (unpaired) electrons. The summed E-state index contributed by atoms with van der Waals surface area (Å²) < 4.78 is 0. The summed E-state index contributed by atoms with van der Waals surface area (Å²) in [7, 11) is 0. The van der Waals surface area contributed by atoms with Gasteiger partial charge in [0, 0.05) is 18.5 Å². The molecular weight excluding hydrogens is 180 g/mol. The van der Waals surface area contributed by atoms with Gasteiger partial charge >= 0.3 is 0 Å². The zero-order valence-electron chi connectivity index (χ0n) is 8.62. The highest BCUT2D eigenvalue weighted by atomic mass is 32.1. The summed E-state index contributed by atoms with van der Waals surface area (Å²) in [6.45, 7) is 6.65. The van der Waals surface area contributed by atoms with Gasteiger partial charge in [-0.2, -0.15) is 0 Å². The topological polar surface area (TPSA) is 29.3 Å². The van der Waals surface area contributed by atoms with E-state index in [2.05, 4.69) is 18.7 Å². The lowest BCUT2D eigenvalue weighted by Gasteiger charge is -2.26. The summed E-state index contributed by atoms with van der Waals surface area (Å²) in [5.41, 5.74) is 5.61. The predicted octanol–water partition coefficient (Wildman–Crippen LogP) is 1.78. The number of nitrogens with zero attached hydrogens (tertiary/aromatic N) is 1. The van der Waals surface area contributed by atoms with E-state index in [0.29, 0.717) is 10.9 Å². The first kappa shape index (κ1) is 10.9. The maximum Gasteiger partial charge on any atom is 0.0768 e. The third-order valence-electron chi connectivity index (χ3n) is 2.96. The molecule has 0 bridgehead atoms. The van der Waals surface area contributed by atoms with E-state index >= 15 is 0 Å². The second kappa shape index (κ2) is 4.91. The van der Waals surface area contributed by atoms with Crippen LogP contribution in [0.2, 0.25) is 0 Å². The van der Waals surface area contributed by atoms with Gasteiger partial charge in [-0.05, 0) is 25.8 Å². The van der Waals surface area contributed by atoms with Gasteiger partial charge in [-0.1, -0.05) is 26.1 Å². The van der Waals surface area contributed by atoms with Crippen LogP contribution < -0.4 is 5.73 Å². The quantitative estimate of drug-likeness (QED) is 0.702. The van der Waals surface area contributed by atoms with Gasteiger partial charge in [-0.25, -0.2) is 0 Å². The van der Waals surface area contributed by atoms with Crippen LogP contribution in [0.1, 0.15) is 33.1 Å². The van der Waals surface area contributed by atoms with Crippen LogP contribution in [0, 0.1) is 5.92 Å². The first-order valence-corrected chi connectivity index (χ1v) is 5.59. The second-order valence-electron chi connectivity index (χ2n) is 4.00. The summed E-state index contributed by atoms with van der Waals surface area (Å²) in [4.78, 5) is 3.19. The van der Waals surface area contributed by atoms with Crippen molar-refractivity contribution >= 4 is 17.2 Å². The lowest BCUT2D eigenvalue weighted by atomic mass is 10.1. The van der Waals surface area contributed by atoms with Crippen molar-refractivity contribution in [2.75, 3.05) is 13.1 Å². The van der Waals surface area contributed by atoms with Crippen molar-refractivity contribution < 1.29 is 0 Å². The molecule has 0 spiro atoms. The number of thiocarbonyl (C=S) groups is 1. The third-order valence-corrected chi connectivity index (χ3v) is 3.37. The molecule has 1 aliphatic heterocycles. The van der Waals surface area contributed by atoms with Crippen molar-refractivity contribution in [2.45, 2.75) is 39.2 Å². The van der Waals surface area contributed by atoms with Gasteiger partial charge < -0.3 is 5.73 Å². The smallest absolute Gasteiger partial charge is 0.0768 e. The SMILES string of the molecule is CCC1CCCN1CC(C)C(N)=S. The molecule has 3 heteroatoms. The summed E-state index contributed by atoms with van der Waals surface area (Å²) in [6.07, 6.45) is 3.94. The molecule has 0 aliphatic carbocycles. The summed E-state index contributed by atoms with van der Waals surface area (Å²) >= 11 is 4.98. The molecule has 1 fully saturated rings. The molecule has 0 aromatic heterocycles. The Morgan fingerprint density at radius 2 is 2.38 bits per heavy atom. The Balaban J connectivity index is 2.39. The Morgan fingerprint density at radius 3 is 2.92 bits per heavy atom. The predicted molar refractivity (Wildman–Crippen MR) is 60.8 cm³/mol. The Morgan fingerprint density at radius 1 is 1.69 bits per heavy atom. The van der Waals surface area contributed by atoms with E-state index in [1.807, 2.05) is 0 Å². The molecule has 0 amide bonds. The molecule has 2 atom stereocenters. The first-order valence-electron chi connectivity index (χ1n) is 5.18. The molecule has 2 unspecified atom stereocenters. The average molecular weight is 200 g/mol. The number of hydrogen-bond donors (Lipinski definition) is 1. The second-order valence-corrected chi connectivity index (χ2v) is 4.47. The summed E-state index contributed by atoms with van der Waals surface area (Å²) in [6, 6.07) is 0.775. The molecule has 1 aliphatic rings. The minimum Gasteiger partial charge on any atom is -0.393 e. The Kier molecular flexibility index (Phi) is 4.13. The van der Waals surface area contributed by atoms with Crippen molar-refractivity contribution in [3.05, 3.63) is 0 Å². The van der Waals surface area contributed by atoms with Gasteiger partial charge in [0.1, 0.15) is 0 Å². The van der Waals surface area contributed by atoms with E-state index in [9.17, 15) is 0 Å². The minimum absolute atomic E-state index is 0.363. The first-order chi connectivity index (χ1) is 6.15. The molecule has 76 valence electrons. The van der Waals surface area contributed by atoms with Crippen LogP contribution in [0.15, 0.2) is 0 Å². The zero-order valence-corrected chi connectivity index (χ0v) is 9.44. The number of likely N-dealkylation sites (tertiary alicyclic amines) is 1. The number of rotatable bonds is 4. The fourth-order valence-electron chi connectivity index (χ4n) is 2.04. The van der Waals surface area contributed by atoms with Crippen LogP contribution >= 0.6 is 12.2 Å². The Hall–Kier alpha value is -0.150. The van der Waals surface area contributed by atoms with Gasteiger partial charge in [0.2, 0.25) is 0 Å². The van der Waals surface area contributed by atoms with Crippen LogP contribution in [0.4, 0.5) is 0 Å². The molecule has 0 aromatic rings. The average Bonchev–Trinajstić information content (AvgIpc) is 2.51. The van der Waals surface area contributed by atoms with Crippen LogP contribution in [-0.2, 0) is 0 Å². The van der Waals surface area contributed by atoms with Crippen molar-refractivity contribution in [1.29, 1.82) is 0 Å². The molecule has 2 N–H and O–H groups in total. The van der Waals surface area contributed by atoms with Crippen molar-refractivity contribution in [3.8, 4) is 0 Å². The molecule has 1 heterocycles. The number of nitrogens with two attached hydrogens (primary N) is 1. The zero-order chi connectivity index (χ0) is 9.84. The van der Waals surface area contributed by atoms with Gasteiger partial charge in [-0.3, -0.25) is 4.90 Å². The normalized spacial score (nSPS) is 26.2. The largest absolute Gasteiger partial charge is 0.393 e. The van der Waals surface area contributed by atoms with E-state index in [0.717, 1.165) is 12.6 Å². The monoisotopic (exact) mass is 200 g/mol. The third kappa shape index (κ3) is 2.92. The highest BCUT2D eigenvalue weighted by molar-refractivity contribution is 7.80. The van der Waals surface area contributed by atoms with Crippen molar-refractivity contribution in [2.24, 2.45) is 11.7 Å². The highest BCUT2D eigenvalue weighted by Crippen LogP contribution is 2.20. The van der Waals surface area contributed by atoms with Crippen LogP contribution in [0.25, 0.3) is 0 Å². The molecular formula is C10H20N2S. The standard InChI is InChI=1S/C10H20N2S/c1-3-9-5-4-6-12(9)7-8(2)10(11)13/h8-9H,3-7H2,1-2H3,(H2,11,13). The van der Waals surface area contributed by atoms with Gasteiger partial charge in [0.25, 0.3) is 0 Å². The van der Waals surface area contributed by atoms with Crippen molar-refractivity contribution in [1.82, 2.24) is 4.90 Å². The van der Waals surface area contributed by atoms with Crippen LogP contribution in [0.5, 0.6) is 0 Å². The van der Waals surface area contributed by atoms with E-state index in [4.69, 9.17) is 18.0 Å². The fraction of sp³-hybridized carbons (Fsp3) is 0.900. The van der Waals surface area contributed by atoms with Gasteiger partial charge in [-0.15, -0.1) is 0 Å². The van der Waals surface area contributed by atoms with Crippen LogP contribution in [-0.4, -0.2) is 29.0 Å². The molecule has 0 aromatic carbocycles. The van der Waals surface area contributed by atoms with E-state index < -0.39 is 0 Å². The summed E-state index contributed by atoms with van der Waals surface area (Å²) in [5.74, 6) is 0.363. The lowest BCUT2D eigenvalue weighted by Crippen LogP contribution is -2.36.